The van der Waals surface area contributed by atoms with Gasteiger partial charge in [0, 0.05) is 12.0 Å². The van der Waals surface area contributed by atoms with Crippen molar-refractivity contribution in [1.82, 2.24) is 5.32 Å². The zero-order valence-corrected chi connectivity index (χ0v) is 14.3. The van der Waals surface area contributed by atoms with Crippen LogP contribution in [0.5, 0.6) is 0 Å². The van der Waals surface area contributed by atoms with Crippen LogP contribution in [0.15, 0.2) is 60.7 Å². The molecule has 124 valence electrons. The Hall–Kier alpha value is -2.53. The monoisotopic (exact) mass is 319 g/mol. The van der Waals surface area contributed by atoms with Crippen LogP contribution in [0.2, 0.25) is 0 Å². The van der Waals surface area contributed by atoms with Gasteiger partial charge in [0.15, 0.2) is 0 Å². The molecule has 2 rings (SSSR count). The minimum Gasteiger partial charge on any atom is -0.338 e. The van der Waals surface area contributed by atoms with E-state index in [1.807, 2.05) is 48.5 Å². The number of aryl methyl sites for hydroxylation is 1. The van der Waals surface area contributed by atoms with E-state index in [0.29, 0.717) is 5.56 Å². The minimum absolute atomic E-state index is 0.0570. The van der Waals surface area contributed by atoms with Crippen molar-refractivity contribution < 1.29 is 4.79 Å². The first-order valence-corrected chi connectivity index (χ1v) is 8.68. The molecule has 0 aliphatic heterocycles. The first-order chi connectivity index (χ1) is 11.8. The highest BCUT2D eigenvalue weighted by atomic mass is 16.1. The first-order valence-electron chi connectivity index (χ1n) is 8.68. The molecular formula is C22H25NO. The van der Waals surface area contributed by atoms with Crippen LogP contribution < -0.4 is 5.32 Å². The third-order valence-electron chi connectivity index (χ3n) is 3.84. The van der Waals surface area contributed by atoms with Gasteiger partial charge in [0.2, 0.25) is 0 Å². The number of hydrogen-bond donors (Lipinski definition) is 1. The van der Waals surface area contributed by atoms with E-state index >= 15 is 0 Å². The van der Waals surface area contributed by atoms with Crippen LogP contribution in [-0.2, 0) is 6.42 Å². The molecule has 24 heavy (non-hydrogen) atoms. The van der Waals surface area contributed by atoms with Crippen molar-refractivity contribution in [3.8, 4) is 11.8 Å². The standard InChI is InChI=1S/C22H25NO/c1-2-3-4-11-16-21(18-17-19-12-7-5-8-13-19)23-22(24)20-14-9-6-10-15-20/h5-10,12-15,21H,2-4,17-18H2,1H3,(H,23,24)/t21-/m0/s1. The van der Waals surface area contributed by atoms with Gasteiger partial charge >= 0.3 is 0 Å². The molecule has 1 atom stereocenters. The Morgan fingerprint density at radius 2 is 1.71 bits per heavy atom. The van der Waals surface area contributed by atoms with E-state index in [2.05, 4.69) is 36.2 Å². The Morgan fingerprint density at radius 3 is 2.38 bits per heavy atom. The third kappa shape index (κ3) is 6.30. The Kier molecular flexibility index (Phi) is 7.63. The average molecular weight is 319 g/mol. The minimum atomic E-state index is -0.116. The van der Waals surface area contributed by atoms with Crippen LogP contribution in [0.4, 0.5) is 0 Å². The molecule has 0 aromatic heterocycles. The first kappa shape index (κ1) is 17.8. The summed E-state index contributed by atoms with van der Waals surface area (Å²) in [4.78, 5) is 12.4. The van der Waals surface area contributed by atoms with Gasteiger partial charge in [0.25, 0.3) is 5.91 Å². The van der Waals surface area contributed by atoms with Gasteiger partial charge < -0.3 is 5.32 Å². The Balaban J connectivity index is 1.98. The normalized spacial score (nSPS) is 11.2. The van der Waals surface area contributed by atoms with Crippen molar-refractivity contribution in [2.45, 2.75) is 45.1 Å². The fourth-order valence-corrected chi connectivity index (χ4v) is 2.43. The van der Waals surface area contributed by atoms with E-state index in [4.69, 9.17) is 0 Å². The van der Waals surface area contributed by atoms with Crippen LogP contribution in [-0.4, -0.2) is 11.9 Å². The molecule has 2 aromatic carbocycles. The number of hydrogen-bond acceptors (Lipinski definition) is 1. The lowest BCUT2D eigenvalue weighted by molar-refractivity contribution is 0.0944. The summed E-state index contributed by atoms with van der Waals surface area (Å²) < 4.78 is 0. The van der Waals surface area contributed by atoms with E-state index < -0.39 is 0 Å². The topological polar surface area (TPSA) is 29.1 Å². The van der Waals surface area contributed by atoms with E-state index in [0.717, 1.165) is 32.1 Å². The molecule has 0 aliphatic carbocycles. The quantitative estimate of drug-likeness (QED) is 0.586. The highest BCUT2D eigenvalue weighted by Crippen LogP contribution is 2.06. The Bertz CT molecular complexity index is 667. The zero-order chi connectivity index (χ0) is 17.0. The number of nitrogens with one attached hydrogen (secondary N) is 1. The number of carbonyl (C=O) groups excluding carboxylic acids is 1. The largest absolute Gasteiger partial charge is 0.338 e. The molecule has 0 spiro atoms. The highest BCUT2D eigenvalue weighted by Gasteiger charge is 2.11. The molecule has 0 saturated heterocycles. The number of benzene rings is 2. The maximum absolute atomic E-state index is 12.4. The molecule has 0 fully saturated rings. The molecule has 0 heterocycles. The lowest BCUT2D eigenvalue weighted by Gasteiger charge is -2.13. The fraction of sp³-hybridized carbons (Fsp3) is 0.318. The maximum Gasteiger partial charge on any atom is 0.252 e. The van der Waals surface area contributed by atoms with Crippen molar-refractivity contribution >= 4 is 5.91 Å². The lowest BCUT2D eigenvalue weighted by atomic mass is 10.0. The summed E-state index contributed by atoms with van der Waals surface area (Å²) >= 11 is 0. The predicted molar refractivity (Wildman–Crippen MR) is 99.8 cm³/mol. The zero-order valence-electron chi connectivity index (χ0n) is 14.3. The molecule has 0 saturated carbocycles. The summed E-state index contributed by atoms with van der Waals surface area (Å²) in [6.45, 7) is 2.16. The molecule has 2 heteroatoms. The maximum atomic E-state index is 12.4. The second kappa shape index (κ2) is 10.3. The Morgan fingerprint density at radius 1 is 1.04 bits per heavy atom. The van der Waals surface area contributed by atoms with Gasteiger partial charge in [-0.2, -0.15) is 0 Å². The summed E-state index contributed by atoms with van der Waals surface area (Å²) in [5.74, 6) is 6.40. The smallest absolute Gasteiger partial charge is 0.252 e. The van der Waals surface area contributed by atoms with Crippen molar-refractivity contribution in [3.63, 3.8) is 0 Å². The summed E-state index contributed by atoms with van der Waals surface area (Å²) in [6, 6.07) is 19.5. The van der Waals surface area contributed by atoms with Crippen molar-refractivity contribution in [2.75, 3.05) is 0 Å². The molecular weight excluding hydrogens is 294 g/mol. The predicted octanol–water partition coefficient (Wildman–Crippen LogP) is 4.61. The van der Waals surface area contributed by atoms with Crippen LogP contribution in [0.25, 0.3) is 0 Å². The van der Waals surface area contributed by atoms with Crippen LogP contribution in [0.1, 0.15) is 48.5 Å². The van der Waals surface area contributed by atoms with E-state index in [1.54, 1.807) is 0 Å². The number of carbonyl (C=O) groups is 1. The molecule has 1 N–H and O–H groups in total. The van der Waals surface area contributed by atoms with Crippen molar-refractivity contribution in [1.29, 1.82) is 0 Å². The Labute approximate surface area is 145 Å². The van der Waals surface area contributed by atoms with E-state index in [1.165, 1.54) is 5.56 Å². The van der Waals surface area contributed by atoms with Gasteiger partial charge in [-0.25, -0.2) is 0 Å². The van der Waals surface area contributed by atoms with E-state index in [9.17, 15) is 4.79 Å². The molecule has 1 amide bonds. The van der Waals surface area contributed by atoms with Crippen LogP contribution in [0.3, 0.4) is 0 Å². The van der Waals surface area contributed by atoms with Crippen LogP contribution >= 0.6 is 0 Å². The summed E-state index contributed by atoms with van der Waals surface area (Å²) in [5, 5.41) is 3.07. The van der Waals surface area contributed by atoms with Gasteiger partial charge in [-0.1, -0.05) is 67.8 Å². The molecule has 0 bridgehead atoms. The summed E-state index contributed by atoms with van der Waals surface area (Å²) in [6.07, 6.45) is 4.86. The average Bonchev–Trinajstić information content (AvgIpc) is 2.64. The van der Waals surface area contributed by atoms with Gasteiger partial charge in [0.05, 0.1) is 6.04 Å². The number of unbranched alkanes of at least 4 members (excludes halogenated alkanes) is 2. The van der Waals surface area contributed by atoms with Gasteiger partial charge in [0.1, 0.15) is 0 Å². The highest BCUT2D eigenvalue weighted by molar-refractivity contribution is 5.94. The second-order valence-electron chi connectivity index (χ2n) is 5.84. The molecule has 0 aliphatic rings. The molecule has 0 unspecified atom stereocenters. The molecule has 2 aromatic rings. The van der Waals surface area contributed by atoms with E-state index in [-0.39, 0.29) is 11.9 Å². The van der Waals surface area contributed by atoms with Gasteiger partial charge in [-0.3, -0.25) is 4.79 Å². The SMILES string of the molecule is CCCCC#C[C@@H](CCc1ccccc1)NC(=O)c1ccccc1. The number of amides is 1. The fourth-order valence-electron chi connectivity index (χ4n) is 2.43. The van der Waals surface area contributed by atoms with Gasteiger partial charge in [-0.15, -0.1) is 5.92 Å². The molecule has 0 radical (unpaired) electrons. The third-order valence-corrected chi connectivity index (χ3v) is 3.84. The van der Waals surface area contributed by atoms with Crippen LogP contribution in [0, 0.1) is 11.8 Å². The van der Waals surface area contributed by atoms with Gasteiger partial charge in [-0.05, 0) is 37.0 Å². The number of rotatable bonds is 7. The van der Waals surface area contributed by atoms with Crippen molar-refractivity contribution in [2.24, 2.45) is 0 Å². The molecule has 2 nitrogen and oxygen atoms in total. The second-order valence-corrected chi connectivity index (χ2v) is 5.84. The summed E-state index contributed by atoms with van der Waals surface area (Å²) in [7, 11) is 0. The summed E-state index contributed by atoms with van der Waals surface area (Å²) in [5.41, 5.74) is 1.95. The lowest BCUT2D eigenvalue weighted by Crippen LogP contribution is -2.34. The van der Waals surface area contributed by atoms with Crippen molar-refractivity contribution in [3.05, 3.63) is 71.8 Å².